The van der Waals surface area contributed by atoms with Gasteiger partial charge in [-0.25, -0.2) is 0 Å². The van der Waals surface area contributed by atoms with E-state index >= 15 is 0 Å². The summed E-state index contributed by atoms with van der Waals surface area (Å²) in [6.07, 6.45) is 0.106. The molecule has 0 aromatic heterocycles. The Hall–Kier alpha value is -2.95. The van der Waals surface area contributed by atoms with Crippen molar-refractivity contribution >= 4 is 23.3 Å². The molecule has 1 atom stereocenters. The van der Waals surface area contributed by atoms with Gasteiger partial charge in [-0.3, -0.25) is 14.4 Å². The smallest absolute Gasteiger partial charge is 0.316 e. The summed E-state index contributed by atoms with van der Waals surface area (Å²) in [5.41, 5.74) is 2.23. The Bertz CT molecular complexity index is 826. The summed E-state index contributed by atoms with van der Waals surface area (Å²) in [4.78, 5) is 38.0. The number of carbonyl (C=O) groups excluding carboxylic acids is 3. The molecule has 25 heavy (non-hydrogen) atoms. The second kappa shape index (κ2) is 6.89. The Morgan fingerprint density at radius 3 is 2.44 bits per heavy atom. The predicted molar refractivity (Wildman–Crippen MR) is 93.7 cm³/mol. The molecule has 1 heterocycles. The number of hydrogen-bond acceptors (Lipinski definition) is 4. The van der Waals surface area contributed by atoms with Crippen LogP contribution >= 0.6 is 0 Å². The average Bonchev–Trinajstić information content (AvgIpc) is 2.98. The van der Waals surface area contributed by atoms with Crippen LogP contribution in [0, 0.1) is 12.8 Å². The molecule has 0 N–H and O–H groups in total. The van der Waals surface area contributed by atoms with Crippen LogP contribution in [0.4, 0.5) is 5.69 Å². The van der Waals surface area contributed by atoms with Gasteiger partial charge in [-0.15, -0.1) is 0 Å². The van der Waals surface area contributed by atoms with Crippen LogP contribution in [0.25, 0.3) is 0 Å². The van der Waals surface area contributed by atoms with E-state index in [0.717, 1.165) is 11.3 Å². The van der Waals surface area contributed by atoms with Crippen molar-refractivity contribution in [3.05, 3.63) is 59.7 Å². The zero-order valence-corrected chi connectivity index (χ0v) is 14.2. The molecule has 5 heteroatoms. The lowest BCUT2D eigenvalue weighted by Gasteiger charge is -2.17. The molecule has 1 aliphatic heterocycles. The molecule has 2 aromatic rings. The van der Waals surface area contributed by atoms with Gasteiger partial charge in [-0.1, -0.05) is 29.8 Å². The Labute approximate surface area is 146 Å². The average molecular weight is 337 g/mol. The van der Waals surface area contributed by atoms with Crippen LogP contribution in [-0.4, -0.2) is 24.2 Å². The molecule has 0 bridgehead atoms. The van der Waals surface area contributed by atoms with Crippen molar-refractivity contribution in [3.63, 3.8) is 0 Å². The number of aryl methyl sites for hydroxylation is 1. The second-order valence-electron chi connectivity index (χ2n) is 6.21. The number of esters is 1. The summed E-state index contributed by atoms with van der Waals surface area (Å²) in [7, 11) is 0. The largest absolute Gasteiger partial charge is 0.425 e. The summed E-state index contributed by atoms with van der Waals surface area (Å²) in [6.45, 7) is 3.68. The molecule has 0 radical (unpaired) electrons. The highest BCUT2D eigenvalue weighted by molar-refractivity contribution is 6.00. The van der Waals surface area contributed by atoms with E-state index in [1.54, 1.807) is 29.2 Å². The molecule has 1 aliphatic rings. The van der Waals surface area contributed by atoms with Gasteiger partial charge >= 0.3 is 5.97 Å². The number of anilines is 1. The number of amides is 1. The van der Waals surface area contributed by atoms with E-state index < -0.39 is 11.9 Å². The van der Waals surface area contributed by atoms with E-state index in [4.69, 9.17) is 4.74 Å². The van der Waals surface area contributed by atoms with E-state index in [1.807, 2.05) is 31.2 Å². The van der Waals surface area contributed by atoms with Gasteiger partial charge in [0.15, 0.2) is 5.78 Å². The number of benzene rings is 2. The fourth-order valence-corrected chi connectivity index (χ4v) is 2.88. The minimum Gasteiger partial charge on any atom is -0.425 e. The van der Waals surface area contributed by atoms with Crippen LogP contribution in [0.3, 0.4) is 0 Å². The summed E-state index contributed by atoms with van der Waals surface area (Å²) < 4.78 is 5.40. The predicted octanol–water partition coefficient (Wildman–Crippen LogP) is 3.16. The molecule has 1 amide bonds. The molecule has 0 saturated carbocycles. The van der Waals surface area contributed by atoms with Crippen LogP contribution in [0.1, 0.15) is 29.3 Å². The first-order valence-electron chi connectivity index (χ1n) is 8.14. The molecule has 2 aromatic carbocycles. The number of nitrogens with zero attached hydrogens (tertiary/aromatic N) is 1. The van der Waals surface area contributed by atoms with Crippen molar-refractivity contribution in [1.29, 1.82) is 0 Å². The maximum absolute atomic E-state index is 12.5. The quantitative estimate of drug-likeness (QED) is 0.488. The molecule has 0 spiro atoms. The minimum absolute atomic E-state index is 0.106. The minimum atomic E-state index is -0.547. The molecule has 3 rings (SSSR count). The maximum atomic E-state index is 12.5. The zero-order valence-electron chi connectivity index (χ0n) is 14.2. The van der Waals surface area contributed by atoms with Crippen LogP contribution < -0.4 is 9.64 Å². The Kier molecular flexibility index (Phi) is 4.65. The van der Waals surface area contributed by atoms with Crippen LogP contribution in [0.2, 0.25) is 0 Å². The lowest BCUT2D eigenvalue weighted by Crippen LogP contribution is -2.27. The summed E-state index contributed by atoms with van der Waals surface area (Å²) in [5.74, 6) is -1.08. The van der Waals surface area contributed by atoms with Crippen molar-refractivity contribution in [3.8, 4) is 5.75 Å². The summed E-state index contributed by atoms with van der Waals surface area (Å²) >= 11 is 0. The van der Waals surface area contributed by atoms with Gasteiger partial charge < -0.3 is 9.64 Å². The van der Waals surface area contributed by atoms with E-state index in [2.05, 4.69) is 0 Å². The second-order valence-corrected chi connectivity index (χ2v) is 6.21. The van der Waals surface area contributed by atoms with Crippen molar-refractivity contribution in [2.45, 2.75) is 20.3 Å². The SMILES string of the molecule is CC(=O)c1ccccc1OC(=O)[C@H]1CC(=O)N(c2ccc(C)cc2)C1. The molecular formula is C20H19NO4. The first-order valence-corrected chi connectivity index (χ1v) is 8.14. The lowest BCUT2D eigenvalue weighted by molar-refractivity contribution is -0.139. The van der Waals surface area contributed by atoms with Gasteiger partial charge in [0, 0.05) is 18.7 Å². The van der Waals surface area contributed by atoms with E-state index in [-0.39, 0.29) is 30.4 Å². The lowest BCUT2D eigenvalue weighted by atomic mass is 10.1. The van der Waals surface area contributed by atoms with Crippen molar-refractivity contribution in [1.82, 2.24) is 0 Å². The Morgan fingerprint density at radius 2 is 1.76 bits per heavy atom. The van der Waals surface area contributed by atoms with Gasteiger partial charge in [0.2, 0.25) is 5.91 Å². The van der Waals surface area contributed by atoms with Crippen LogP contribution in [-0.2, 0) is 9.59 Å². The molecule has 1 fully saturated rings. The highest BCUT2D eigenvalue weighted by Crippen LogP contribution is 2.27. The topological polar surface area (TPSA) is 63.7 Å². The summed E-state index contributed by atoms with van der Waals surface area (Å²) in [6, 6.07) is 14.2. The molecule has 0 aliphatic carbocycles. The Morgan fingerprint density at radius 1 is 1.08 bits per heavy atom. The third-order valence-corrected chi connectivity index (χ3v) is 4.28. The highest BCUT2D eigenvalue weighted by atomic mass is 16.5. The van der Waals surface area contributed by atoms with Gasteiger partial charge in [0.05, 0.1) is 11.5 Å². The molecular weight excluding hydrogens is 318 g/mol. The third kappa shape index (κ3) is 3.60. The van der Waals surface area contributed by atoms with Gasteiger partial charge in [-0.05, 0) is 38.1 Å². The Balaban J connectivity index is 1.73. The number of para-hydroxylation sites is 1. The molecule has 0 unspecified atom stereocenters. The van der Waals surface area contributed by atoms with Gasteiger partial charge in [-0.2, -0.15) is 0 Å². The third-order valence-electron chi connectivity index (χ3n) is 4.28. The normalized spacial score (nSPS) is 16.8. The highest BCUT2D eigenvalue weighted by Gasteiger charge is 2.36. The van der Waals surface area contributed by atoms with E-state index in [1.165, 1.54) is 6.92 Å². The molecule has 128 valence electrons. The number of Topliss-reactive ketones (excluding diaryl/α,β-unsaturated/α-hetero) is 1. The fraction of sp³-hybridized carbons (Fsp3) is 0.250. The van der Waals surface area contributed by atoms with Crippen LogP contribution in [0.5, 0.6) is 5.75 Å². The standard InChI is InChI=1S/C20H19NO4/c1-13-7-9-16(10-8-13)21-12-15(11-19(21)23)20(24)25-18-6-4-3-5-17(18)14(2)22/h3-10,15H,11-12H2,1-2H3/t15-/m0/s1. The number of hydrogen-bond donors (Lipinski definition) is 0. The fourth-order valence-electron chi connectivity index (χ4n) is 2.88. The van der Waals surface area contributed by atoms with Crippen molar-refractivity contribution in [2.24, 2.45) is 5.92 Å². The first-order chi connectivity index (χ1) is 12.0. The van der Waals surface area contributed by atoms with E-state index in [0.29, 0.717) is 5.56 Å². The van der Waals surface area contributed by atoms with Crippen LogP contribution in [0.15, 0.2) is 48.5 Å². The van der Waals surface area contributed by atoms with Gasteiger partial charge in [0.25, 0.3) is 0 Å². The van der Waals surface area contributed by atoms with Crippen molar-refractivity contribution in [2.75, 3.05) is 11.4 Å². The van der Waals surface area contributed by atoms with Crippen molar-refractivity contribution < 1.29 is 19.1 Å². The monoisotopic (exact) mass is 337 g/mol. The number of ether oxygens (including phenoxy) is 1. The zero-order chi connectivity index (χ0) is 18.0. The summed E-state index contributed by atoms with van der Waals surface area (Å²) in [5, 5.41) is 0. The van der Waals surface area contributed by atoms with E-state index in [9.17, 15) is 14.4 Å². The number of carbonyl (C=O) groups is 3. The molecule has 1 saturated heterocycles. The first kappa shape index (κ1) is 16.9. The number of ketones is 1. The molecule has 5 nitrogen and oxygen atoms in total. The maximum Gasteiger partial charge on any atom is 0.316 e. The number of rotatable bonds is 4. The van der Waals surface area contributed by atoms with Gasteiger partial charge in [0.1, 0.15) is 5.75 Å².